The average molecular weight is 276 g/mol. The number of nitrogens with one attached hydrogen (secondary N) is 1. The van der Waals surface area contributed by atoms with E-state index < -0.39 is 0 Å². The molecule has 1 aliphatic heterocycles. The molecule has 1 saturated heterocycles. The third kappa shape index (κ3) is 3.20. The largest absolute Gasteiger partial charge is 0.399 e. The van der Waals surface area contributed by atoms with E-state index in [4.69, 9.17) is 11.5 Å². The van der Waals surface area contributed by atoms with Crippen molar-refractivity contribution in [3.05, 3.63) is 23.8 Å². The summed E-state index contributed by atoms with van der Waals surface area (Å²) in [4.78, 5) is 25.3. The Kier molecular flexibility index (Phi) is 4.12. The molecular formula is C14H20N4O2. The van der Waals surface area contributed by atoms with Gasteiger partial charge in [0, 0.05) is 37.4 Å². The van der Waals surface area contributed by atoms with E-state index >= 15 is 0 Å². The van der Waals surface area contributed by atoms with E-state index in [-0.39, 0.29) is 17.9 Å². The van der Waals surface area contributed by atoms with Crippen LogP contribution in [0.2, 0.25) is 0 Å². The van der Waals surface area contributed by atoms with Crippen molar-refractivity contribution in [2.45, 2.75) is 25.8 Å². The van der Waals surface area contributed by atoms with Crippen LogP contribution in [0.5, 0.6) is 0 Å². The Balaban J connectivity index is 2.10. The fraction of sp³-hybridized carbons (Fsp3) is 0.429. The first-order chi connectivity index (χ1) is 9.47. The predicted octanol–water partition coefficient (Wildman–Crippen LogP) is 0.592. The number of hydrogen-bond acceptors (Lipinski definition) is 4. The number of likely N-dealkylation sites (tertiary alicyclic amines) is 1. The van der Waals surface area contributed by atoms with E-state index in [1.807, 2.05) is 0 Å². The molecule has 0 radical (unpaired) electrons. The van der Waals surface area contributed by atoms with Crippen LogP contribution < -0.4 is 16.8 Å². The molecule has 2 rings (SSSR count). The molecule has 0 saturated carbocycles. The number of nitrogens with two attached hydrogens (primary N) is 2. The molecule has 1 unspecified atom stereocenters. The van der Waals surface area contributed by atoms with Crippen molar-refractivity contribution in [3.8, 4) is 0 Å². The molecule has 1 aromatic rings. The van der Waals surface area contributed by atoms with Crippen molar-refractivity contribution in [2.75, 3.05) is 24.6 Å². The van der Waals surface area contributed by atoms with Crippen LogP contribution >= 0.6 is 0 Å². The van der Waals surface area contributed by atoms with Crippen LogP contribution in [0.1, 0.15) is 30.1 Å². The maximum atomic E-state index is 12.5. The van der Waals surface area contributed by atoms with E-state index in [0.717, 1.165) is 12.8 Å². The maximum absolute atomic E-state index is 12.5. The minimum Gasteiger partial charge on any atom is -0.399 e. The van der Waals surface area contributed by atoms with Gasteiger partial charge in [0.1, 0.15) is 0 Å². The van der Waals surface area contributed by atoms with Gasteiger partial charge in [0.05, 0.1) is 5.56 Å². The normalized spacial score (nSPS) is 18.6. The van der Waals surface area contributed by atoms with Crippen molar-refractivity contribution in [1.29, 1.82) is 0 Å². The number of amides is 2. The van der Waals surface area contributed by atoms with Gasteiger partial charge in [0.15, 0.2) is 0 Å². The number of carbonyl (C=O) groups is 2. The van der Waals surface area contributed by atoms with Crippen LogP contribution in [0.3, 0.4) is 0 Å². The lowest BCUT2D eigenvalue weighted by Crippen LogP contribution is -2.49. The quantitative estimate of drug-likeness (QED) is 0.688. The minimum atomic E-state index is -0.113. The van der Waals surface area contributed by atoms with E-state index in [2.05, 4.69) is 5.32 Å². The van der Waals surface area contributed by atoms with Gasteiger partial charge < -0.3 is 21.7 Å². The minimum absolute atomic E-state index is 0.0141. The fourth-order valence-corrected chi connectivity index (χ4v) is 2.51. The zero-order valence-corrected chi connectivity index (χ0v) is 11.6. The maximum Gasteiger partial charge on any atom is 0.256 e. The first-order valence-electron chi connectivity index (χ1n) is 6.68. The summed E-state index contributed by atoms with van der Waals surface area (Å²) in [5.74, 6) is -0.186. The molecule has 0 bridgehead atoms. The van der Waals surface area contributed by atoms with Crippen LogP contribution in [-0.2, 0) is 4.79 Å². The monoisotopic (exact) mass is 276 g/mol. The van der Waals surface area contributed by atoms with Crippen molar-refractivity contribution in [2.24, 2.45) is 0 Å². The van der Waals surface area contributed by atoms with E-state index in [9.17, 15) is 9.59 Å². The summed E-state index contributed by atoms with van der Waals surface area (Å²) >= 11 is 0. The molecular weight excluding hydrogens is 256 g/mol. The highest BCUT2D eigenvalue weighted by molar-refractivity contribution is 5.99. The summed E-state index contributed by atoms with van der Waals surface area (Å²) in [7, 11) is 0. The molecule has 20 heavy (non-hydrogen) atoms. The summed E-state index contributed by atoms with van der Waals surface area (Å²) in [6.07, 6.45) is 1.76. The second-order valence-corrected chi connectivity index (χ2v) is 5.14. The van der Waals surface area contributed by atoms with E-state index in [1.54, 1.807) is 23.1 Å². The molecule has 0 spiro atoms. The number of anilines is 2. The second kappa shape index (κ2) is 5.81. The standard InChI is InChI=1S/C14H20N4O2/c1-9(19)17-11-3-2-6-18(8-11)14(20)12-5-4-10(15)7-13(12)16/h4-5,7,11H,2-3,6,8,15-16H2,1H3,(H,17,19). The highest BCUT2D eigenvalue weighted by Gasteiger charge is 2.25. The Morgan fingerprint density at radius 1 is 1.35 bits per heavy atom. The number of rotatable bonds is 2. The lowest BCUT2D eigenvalue weighted by atomic mass is 10.0. The zero-order chi connectivity index (χ0) is 14.7. The molecule has 1 heterocycles. The second-order valence-electron chi connectivity index (χ2n) is 5.14. The zero-order valence-electron chi connectivity index (χ0n) is 11.6. The van der Waals surface area contributed by atoms with Gasteiger partial charge in [0.2, 0.25) is 5.91 Å². The predicted molar refractivity (Wildman–Crippen MR) is 78.0 cm³/mol. The Morgan fingerprint density at radius 3 is 2.75 bits per heavy atom. The molecule has 6 heteroatoms. The third-order valence-electron chi connectivity index (χ3n) is 3.42. The molecule has 0 aromatic heterocycles. The van der Waals surface area contributed by atoms with Crippen LogP contribution in [0.25, 0.3) is 0 Å². The van der Waals surface area contributed by atoms with Gasteiger partial charge in [-0.2, -0.15) is 0 Å². The number of piperidine rings is 1. The molecule has 1 atom stereocenters. The van der Waals surface area contributed by atoms with Gasteiger partial charge in [-0.25, -0.2) is 0 Å². The lowest BCUT2D eigenvalue weighted by Gasteiger charge is -2.33. The van der Waals surface area contributed by atoms with Crippen molar-refractivity contribution in [3.63, 3.8) is 0 Å². The van der Waals surface area contributed by atoms with Gasteiger partial charge in [-0.05, 0) is 31.0 Å². The molecule has 1 aliphatic rings. The summed E-state index contributed by atoms with van der Waals surface area (Å²) in [6, 6.07) is 4.91. The lowest BCUT2D eigenvalue weighted by molar-refractivity contribution is -0.120. The van der Waals surface area contributed by atoms with Crippen LogP contribution in [0.15, 0.2) is 18.2 Å². The van der Waals surface area contributed by atoms with E-state index in [0.29, 0.717) is 30.0 Å². The van der Waals surface area contributed by atoms with Gasteiger partial charge in [0.25, 0.3) is 5.91 Å². The van der Waals surface area contributed by atoms with Gasteiger partial charge in [-0.3, -0.25) is 9.59 Å². The molecule has 6 nitrogen and oxygen atoms in total. The van der Waals surface area contributed by atoms with Gasteiger partial charge >= 0.3 is 0 Å². The SMILES string of the molecule is CC(=O)NC1CCCN(C(=O)c2ccc(N)cc2N)C1. The first kappa shape index (κ1) is 14.2. The summed E-state index contributed by atoms with van der Waals surface area (Å²) < 4.78 is 0. The summed E-state index contributed by atoms with van der Waals surface area (Å²) in [5, 5.41) is 2.86. The van der Waals surface area contributed by atoms with Crippen molar-refractivity contribution >= 4 is 23.2 Å². The first-order valence-corrected chi connectivity index (χ1v) is 6.68. The Bertz CT molecular complexity index is 530. The number of benzene rings is 1. The Morgan fingerprint density at radius 2 is 2.10 bits per heavy atom. The van der Waals surface area contributed by atoms with Crippen LogP contribution in [0, 0.1) is 0 Å². The number of hydrogen-bond donors (Lipinski definition) is 3. The summed E-state index contributed by atoms with van der Waals surface area (Å²) in [5.41, 5.74) is 12.9. The smallest absolute Gasteiger partial charge is 0.256 e. The van der Waals surface area contributed by atoms with E-state index in [1.165, 1.54) is 6.92 Å². The molecule has 1 fully saturated rings. The van der Waals surface area contributed by atoms with Crippen molar-refractivity contribution < 1.29 is 9.59 Å². The molecule has 5 N–H and O–H groups in total. The molecule has 2 amide bonds. The average Bonchev–Trinajstić information content (AvgIpc) is 2.37. The Labute approximate surface area is 118 Å². The molecule has 1 aromatic carbocycles. The highest BCUT2D eigenvalue weighted by atomic mass is 16.2. The third-order valence-corrected chi connectivity index (χ3v) is 3.42. The Hall–Kier alpha value is -2.24. The highest BCUT2D eigenvalue weighted by Crippen LogP contribution is 2.20. The topological polar surface area (TPSA) is 101 Å². The summed E-state index contributed by atoms with van der Waals surface area (Å²) in [6.45, 7) is 2.68. The van der Waals surface area contributed by atoms with Gasteiger partial charge in [-0.1, -0.05) is 0 Å². The number of carbonyl (C=O) groups excluding carboxylic acids is 2. The number of nitrogens with zero attached hydrogens (tertiary/aromatic N) is 1. The fourth-order valence-electron chi connectivity index (χ4n) is 2.51. The molecule has 0 aliphatic carbocycles. The van der Waals surface area contributed by atoms with Crippen molar-refractivity contribution in [1.82, 2.24) is 10.2 Å². The number of nitrogen functional groups attached to an aromatic ring is 2. The van der Waals surface area contributed by atoms with Crippen LogP contribution in [0.4, 0.5) is 11.4 Å². The molecule has 108 valence electrons. The van der Waals surface area contributed by atoms with Gasteiger partial charge in [-0.15, -0.1) is 0 Å². The van der Waals surface area contributed by atoms with Crippen LogP contribution in [-0.4, -0.2) is 35.8 Å².